The van der Waals surface area contributed by atoms with Gasteiger partial charge in [-0.3, -0.25) is 0 Å². The van der Waals surface area contributed by atoms with Crippen LogP contribution < -0.4 is 10.6 Å². The van der Waals surface area contributed by atoms with Crippen LogP contribution in [0.1, 0.15) is 62.8 Å². The molecule has 1 saturated carbocycles. The first-order valence-electron chi connectivity index (χ1n) is 9.24. The fourth-order valence-electron chi connectivity index (χ4n) is 3.79. The normalized spacial score (nSPS) is 24.0. The van der Waals surface area contributed by atoms with Crippen molar-refractivity contribution in [2.24, 2.45) is 5.92 Å². The number of nitrogens with one attached hydrogen (secondary N) is 2. The lowest BCUT2D eigenvalue weighted by Gasteiger charge is -2.31. The van der Waals surface area contributed by atoms with Gasteiger partial charge < -0.3 is 15.2 Å². The van der Waals surface area contributed by atoms with Crippen LogP contribution in [0, 0.1) is 12.8 Å². The molecular formula is C18H23ClF3N3O2. The van der Waals surface area contributed by atoms with Crippen LogP contribution in [0.2, 0.25) is 0 Å². The zero-order valence-electron chi connectivity index (χ0n) is 15.1. The first-order valence-corrected chi connectivity index (χ1v) is 9.62. The fourth-order valence-corrected chi connectivity index (χ4v) is 4.11. The summed E-state index contributed by atoms with van der Waals surface area (Å²) in [7, 11) is 0. The van der Waals surface area contributed by atoms with E-state index in [0.717, 1.165) is 31.3 Å². The lowest BCUT2D eigenvalue weighted by atomic mass is 9.85. The number of halogens is 4. The number of carbonyl (C=O) groups excluding carboxylic acids is 1. The van der Waals surface area contributed by atoms with Crippen molar-refractivity contribution in [3.63, 3.8) is 0 Å². The second-order valence-corrected chi connectivity index (χ2v) is 7.71. The van der Waals surface area contributed by atoms with Crippen molar-refractivity contribution >= 4 is 28.9 Å². The first kappa shape index (κ1) is 20.0. The topological polar surface area (TPSA) is 67.2 Å². The van der Waals surface area contributed by atoms with E-state index < -0.39 is 24.2 Å². The second-order valence-electron chi connectivity index (χ2n) is 7.25. The van der Waals surface area contributed by atoms with Gasteiger partial charge in [-0.05, 0) is 57.4 Å². The van der Waals surface area contributed by atoms with Gasteiger partial charge in [-0.25, -0.2) is 4.79 Å². The van der Waals surface area contributed by atoms with Crippen molar-refractivity contribution < 1.29 is 22.5 Å². The van der Waals surface area contributed by atoms with E-state index in [1.807, 2.05) is 0 Å². The third-order valence-electron chi connectivity index (χ3n) is 5.26. The molecule has 0 aliphatic heterocycles. The fraction of sp³-hybridized carbons (Fsp3) is 0.667. The van der Waals surface area contributed by atoms with E-state index in [9.17, 15) is 18.0 Å². The van der Waals surface area contributed by atoms with Gasteiger partial charge in [0.1, 0.15) is 11.4 Å². The van der Waals surface area contributed by atoms with Crippen molar-refractivity contribution in [2.45, 2.75) is 70.5 Å². The number of rotatable bonds is 3. The number of alkyl halides is 3. The molecule has 1 aromatic rings. The van der Waals surface area contributed by atoms with Crippen LogP contribution in [0.3, 0.4) is 0 Å². The average molecular weight is 406 g/mol. The molecule has 2 amide bonds. The number of allylic oxidation sites excluding steroid dienone is 2. The Morgan fingerprint density at radius 1 is 1.22 bits per heavy atom. The molecule has 0 spiro atoms. The van der Waals surface area contributed by atoms with Gasteiger partial charge >= 0.3 is 12.2 Å². The Balaban J connectivity index is 1.67. The van der Waals surface area contributed by atoms with Gasteiger partial charge in [0, 0.05) is 11.1 Å². The Morgan fingerprint density at radius 3 is 2.67 bits per heavy atom. The summed E-state index contributed by atoms with van der Waals surface area (Å²) < 4.78 is 44.0. The maximum Gasteiger partial charge on any atom is 0.391 e. The molecule has 0 radical (unpaired) electrons. The van der Waals surface area contributed by atoms with Crippen LogP contribution in [0.4, 0.5) is 23.7 Å². The zero-order valence-corrected chi connectivity index (χ0v) is 15.8. The number of hydrogen-bond acceptors (Lipinski definition) is 3. The Hall–Kier alpha value is -1.70. The van der Waals surface area contributed by atoms with Crippen LogP contribution in [0.15, 0.2) is 9.56 Å². The quantitative estimate of drug-likeness (QED) is 0.672. The van der Waals surface area contributed by atoms with Crippen LogP contribution in [0.5, 0.6) is 0 Å². The number of aromatic nitrogens is 1. The molecule has 0 saturated heterocycles. The predicted octanol–water partition coefficient (Wildman–Crippen LogP) is 5.75. The molecule has 2 aliphatic carbocycles. The molecule has 9 heteroatoms. The van der Waals surface area contributed by atoms with E-state index in [0.29, 0.717) is 35.0 Å². The Bertz CT molecular complexity index is 730. The largest absolute Gasteiger partial charge is 0.391 e. The van der Waals surface area contributed by atoms with E-state index in [1.165, 1.54) is 0 Å². The molecule has 5 nitrogen and oxygen atoms in total. The highest BCUT2D eigenvalue weighted by molar-refractivity contribution is 6.32. The van der Waals surface area contributed by atoms with Gasteiger partial charge in [0.2, 0.25) is 0 Å². The van der Waals surface area contributed by atoms with Crippen LogP contribution in [-0.2, 0) is 0 Å². The number of carbonyl (C=O) groups is 1. The van der Waals surface area contributed by atoms with Gasteiger partial charge in [-0.1, -0.05) is 23.2 Å². The van der Waals surface area contributed by atoms with Gasteiger partial charge in [0.05, 0.1) is 5.92 Å². The molecule has 0 bridgehead atoms. The molecule has 2 N–H and O–H groups in total. The van der Waals surface area contributed by atoms with Crippen molar-refractivity contribution in [3.05, 3.63) is 16.5 Å². The highest BCUT2D eigenvalue weighted by Gasteiger charge is 2.42. The van der Waals surface area contributed by atoms with Gasteiger partial charge in [0.25, 0.3) is 0 Å². The van der Waals surface area contributed by atoms with Crippen LogP contribution >= 0.6 is 11.6 Å². The third kappa shape index (κ3) is 4.78. The summed E-state index contributed by atoms with van der Waals surface area (Å²) in [5.41, 5.74) is 1.78. The molecule has 1 heterocycles. The second kappa shape index (κ2) is 8.12. The van der Waals surface area contributed by atoms with E-state index in [1.54, 1.807) is 6.92 Å². The van der Waals surface area contributed by atoms with Gasteiger partial charge in [0.15, 0.2) is 5.76 Å². The molecule has 1 aromatic heterocycles. The van der Waals surface area contributed by atoms with Crippen molar-refractivity contribution in [1.82, 2.24) is 10.5 Å². The maximum absolute atomic E-state index is 12.9. The minimum atomic E-state index is -4.22. The summed E-state index contributed by atoms with van der Waals surface area (Å²) in [6.07, 6.45) is 0.260. The highest BCUT2D eigenvalue weighted by Crippen LogP contribution is 2.39. The Labute approximate surface area is 160 Å². The van der Waals surface area contributed by atoms with Crippen molar-refractivity contribution in [2.75, 3.05) is 5.32 Å². The number of nitrogens with zero attached hydrogens (tertiary/aromatic N) is 1. The predicted molar refractivity (Wildman–Crippen MR) is 96.4 cm³/mol. The van der Waals surface area contributed by atoms with Crippen molar-refractivity contribution in [1.29, 1.82) is 0 Å². The van der Waals surface area contributed by atoms with E-state index in [4.69, 9.17) is 16.1 Å². The minimum Gasteiger partial charge on any atom is -0.359 e. The summed E-state index contributed by atoms with van der Waals surface area (Å²) in [4.78, 5) is 12.4. The number of aryl methyl sites for hydroxylation is 1. The summed E-state index contributed by atoms with van der Waals surface area (Å²) >= 11 is 6.31. The molecule has 2 aliphatic rings. The lowest BCUT2D eigenvalue weighted by Crippen LogP contribution is -2.43. The molecule has 2 unspecified atom stereocenters. The summed E-state index contributed by atoms with van der Waals surface area (Å²) in [5.74, 6) is -0.935. The lowest BCUT2D eigenvalue weighted by molar-refractivity contribution is -0.183. The van der Waals surface area contributed by atoms with Crippen molar-refractivity contribution in [3.8, 4) is 0 Å². The summed E-state index contributed by atoms with van der Waals surface area (Å²) in [6, 6.07) is -1.06. The molecule has 3 rings (SSSR count). The van der Waals surface area contributed by atoms with Crippen LogP contribution in [0.25, 0.3) is 5.57 Å². The summed E-state index contributed by atoms with van der Waals surface area (Å²) in [6.45, 7) is 1.67. The smallest absolute Gasteiger partial charge is 0.359 e. The van der Waals surface area contributed by atoms with E-state index in [-0.39, 0.29) is 12.8 Å². The van der Waals surface area contributed by atoms with Crippen LogP contribution in [-0.4, -0.2) is 23.4 Å². The van der Waals surface area contributed by atoms with E-state index >= 15 is 0 Å². The maximum atomic E-state index is 12.9. The first-order chi connectivity index (χ1) is 12.8. The zero-order chi connectivity index (χ0) is 19.6. The molecule has 27 heavy (non-hydrogen) atoms. The number of urea groups is 1. The molecule has 150 valence electrons. The molecular weight excluding hydrogens is 383 g/mol. The highest BCUT2D eigenvalue weighted by atomic mass is 35.5. The van der Waals surface area contributed by atoms with E-state index in [2.05, 4.69) is 15.8 Å². The molecule has 0 aromatic carbocycles. The minimum absolute atomic E-state index is 0.0939. The SMILES string of the molecule is Cc1onc(C2=C(Cl)CCCC2)c1NC(=O)NC1CCCC(C(F)(F)F)C1. The monoisotopic (exact) mass is 405 g/mol. The standard InChI is InChI=1S/C18H23ClF3N3O2/c1-10-15(16(25-27-10)13-7-2-3-8-14(13)19)24-17(26)23-12-6-4-5-11(9-12)18(20,21)22/h11-12H,2-9H2,1H3,(H2,23,24,26). The number of amides is 2. The Kier molecular flexibility index (Phi) is 6.03. The van der Waals surface area contributed by atoms with Gasteiger partial charge in [-0.2, -0.15) is 13.2 Å². The van der Waals surface area contributed by atoms with Gasteiger partial charge in [-0.15, -0.1) is 0 Å². The average Bonchev–Trinajstić information content (AvgIpc) is 2.95. The number of anilines is 1. The number of hydrogen-bond donors (Lipinski definition) is 2. The molecule has 1 fully saturated rings. The Morgan fingerprint density at radius 2 is 1.96 bits per heavy atom. The third-order valence-corrected chi connectivity index (χ3v) is 5.68. The molecule has 2 atom stereocenters. The summed E-state index contributed by atoms with van der Waals surface area (Å²) in [5, 5.41) is 10.1.